The third kappa shape index (κ3) is 6.75. The number of nitrogens with zero attached hydrogens (tertiary/aromatic N) is 2. The molecule has 2 aromatic rings. The van der Waals surface area contributed by atoms with Gasteiger partial charge in [0.2, 0.25) is 0 Å². The van der Waals surface area contributed by atoms with Crippen molar-refractivity contribution in [2.24, 2.45) is 5.11 Å². The fourth-order valence-electron chi connectivity index (χ4n) is 2.45. The van der Waals surface area contributed by atoms with Crippen LogP contribution in [-0.2, 0) is 0 Å². The van der Waals surface area contributed by atoms with Crippen LogP contribution in [-0.4, -0.2) is 18.1 Å². The topological polar surface area (TPSA) is 70.4 Å². The van der Waals surface area contributed by atoms with E-state index in [1.54, 1.807) is 18.6 Å². The van der Waals surface area contributed by atoms with Gasteiger partial charge in [0.1, 0.15) is 11.4 Å². The Bertz CT molecular complexity index is 670. The van der Waals surface area contributed by atoms with E-state index < -0.39 is 0 Å². The molecular formula is C20H26N4O. The van der Waals surface area contributed by atoms with E-state index in [2.05, 4.69) is 28.4 Å². The minimum Gasteiger partial charge on any atom is -0.493 e. The van der Waals surface area contributed by atoms with Crippen molar-refractivity contribution in [1.82, 2.24) is 10.3 Å². The van der Waals surface area contributed by atoms with Crippen LogP contribution in [0.25, 0.3) is 5.70 Å². The maximum Gasteiger partial charge on any atom is 0.122 e. The summed E-state index contributed by atoms with van der Waals surface area (Å²) < 4.78 is 5.80. The van der Waals surface area contributed by atoms with Crippen LogP contribution in [0.5, 0.6) is 5.75 Å². The number of pyridine rings is 1. The molecule has 0 unspecified atom stereocenters. The number of hydrogen-bond donors (Lipinski definition) is 2. The number of rotatable bonds is 11. The first kappa shape index (κ1) is 18.6. The van der Waals surface area contributed by atoms with Gasteiger partial charge in [-0.05, 0) is 43.5 Å². The Labute approximate surface area is 149 Å². The highest BCUT2D eigenvalue weighted by molar-refractivity contribution is 5.62. The zero-order valence-corrected chi connectivity index (χ0v) is 14.7. The maximum atomic E-state index is 7.25. The molecule has 0 aliphatic heterocycles. The van der Waals surface area contributed by atoms with Crippen LogP contribution in [0.1, 0.15) is 36.8 Å². The van der Waals surface area contributed by atoms with E-state index in [1.807, 2.05) is 30.3 Å². The molecule has 1 aromatic heterocycles. The smallest absolute Gasteiger partial charge is 0.122 e. The lowest BCUT2D eigenvalue weighted by atomic mass is 10.2. The predicted molar refractivity (Wildman–Crippen MR) is 101 cm³/mol. The second-order valence-electron chi connectivity index (χ2n) is 5.87. The highest BCUT2D eigenvalue weighted by Gasteiger charge is 1.99. The normalized spacial score (nSPS) is 11.2. The van der Waals surface area contributed by atoms with E-state index in [9.17, 15) is 0 Å². The van der Waals surface area contributed by atoms with Crippen LogP contribution in [0.3, 0.4) is 0 Å². The fraction of sp³-hybridized carbons (Fsp3) is 0.350. The molecule has 0 radical (unpaired) electrons. The van der Waals surface area contributed by atoms with E-state index in [1.165, 1.54) is 5.56 Å². The Morgan fingerprint density at radius 3 is 2.76 bits per heavy atom. The number of aromatic nitrogens is 1. The van der Waals surface area contributed by atoms with Crippen LogP contribution >= 0.6 is 0 Å². The lowest BCUT2D eigenvalue weighted by molar-refractivity contribution is 0.303. The minimum absolute atomic E-state index is 0.597. The van der Waals surface area contributed by atoms with Crippen LogP contribution in [0.2, 0.25) is 0 Å². The standard InChI is InChI=1S/C20H26N4O/c1-17-9-4-5-11-20(17)25-14-7-3-2-6-12-23-16-19(24-21)18-10-8-13-22-15-18/h4-5,8-11,13,15-16,21,23H,2-3,6-7,12,14H2,1H3/b19-16-,24-21?. The molecule has 0 aliphatic carbocycles. The van der Waals surface area contributed by atoms with E-state index in [0.717, 1.165) is 50.1 Å². The third-order valence-corrected chi connectivity index (χ3v) is 3.88. The van der Waals surface area contributed by atoms with Crippen molar-refractivity contribution in [3.8, 4) is 5.75 Å². The molecule has 5 heteroatoms. The summed E-state index contributed by atoms with van der Waals surface area (Å²) in [7, 11) is 0. The Hall–Kier alpha value is -2.69. The van der Waals surface area contributed by atoms with Crippen molar-refractivity contribution in [3.05, 3.63) is 66.1 Å². The van der Waals surface area contributed by atoms with Gasteiger partial charge in [0.05, 0.1) is 6.61 Å². The molecule has 1 heterocycles. The maximum absolute atomic E-state index is 7.25. The molecule has 2 N–H and O–H groups in total. The van der Waals surface area contributed by atoms with Gasteiger partial charge < -0.3 is 10.1 Å². The number of aryl methyl sites for hydroxylation is 1. The van der Waals surface area contributed by atoms with Crippen LogP contribution in [0.4, 0.5) is 0 Å². The zero-order valence-electron chi connectivity index (χ0n) is 14.7. The highest BCUT2D eigenvalue weighted by atomic mass is 16.5. The number of unbranched alkanes of at least 4 members (excludes halogenated alkanes) is 3. The lowest BCUT2D eigenvalue weighted by Crippen LogP contribution is -2.08. The van der Waals surface area contributed by atoms with Crippen LogP contribution in [0, 0.1) is 12.5 Å². The summed E-state index contributed by atoms with van der Waals surface area (Å²) >= 11 is 0. The van der Waals surface area contributed by atoms with Gasteiger partial charge in [0.15, 0.2) is 0 Å². The third-order valence-electron chi connectivity index (χ3n) is 3.88. The number of para-hydroxylation sites is 1. The van der Waals surface area contributed by atoms with Gasteiger partial charge in [-0.3, -0.25) is 4.98 Å². The Morgan fingerprint density at radius 2 is 2.00 bits per heavy atom. The largest absolute Gasteiger partial charge is 0.493 e. The van der Waals surface area contributed by atoms with Gasteiger partial charge in [-0.1, -0.05) is 31.0 Å². The molecule has 1 aromatic carbocycles. The van der Waals surface area contributed by atoms with Crippen molar-refractivity contribution in [2.75, 3.05) is 13.2 Å². The molecule has 0 bridgehead atoms. The molecule has 0 amide bonds. The van der Waals surface area contributed by atoms with Crippen LogP contribution < -0.4 is 10.1 Å². The molecule has 0 saturated heterocycles. The molecule has 0 atom stereocenters. The van der Waals surface area contributed by atoms with Gasteiger partial charge in [-0.15, -0.1) is 0 Å². The summed E-state index contributed by atoms with van der Waals surface area (Å²) in [6, 6.07) is 11.8. The second-order valence-corrected chi connectivity index (χ2v) is 5.87. The Balaban J connectivity index is 1.55. The summed E-state index contributed by atoms with van der Waals surface area (Å²) in [5.74, 6) is 0.983. The molecule has 25 heavy (non-hydrogen) atoms. The average Bonchev–Trinajstić information content (AvgIpc) is 2.65. The zero-order chi connectivity index (χ0) is 17.7. The number of ether oxygens (including phenoxy) is 1. The van der Waals surface area contributed by atoms with Gasteiger partial charge in [0.25, 0.3) is 0 Å². The first-order valence-electron chi connectivity index (χ1n) is 8.71. The summed E-state index contributed by atoms with van der Waals surface area (Å²) in [6.45, 7) is 3.70. The predicted octanol–water partition coefficient (Wildman–Crippen LogP) is 4.95. The van der Waals surface area contributed by atoms with Crippen molar-refractivity contribution in [2.45, 2.75) is 32.6 Å². The molecule has 0 fully saturated rings. The molecule has 2 rings (SSSR count). The quantitative estimate of drug-likeness (QED) is 0.450. The first-order chi connectivity index (χ1) is 12.3. The summed E-state index contributed by atoms with van der Waals surface area (Å²) in [6.07, 6.45) is 9.65. The number of nitrogens with one attached hydrogen (secondary N) is 2. The second kappa shape index (κ2) is 11.0. The average molecular weight is 338 g/mol. The SMILES string of the molecule is Cc1ccccc1OCCCCCCN/C=C(\N=N)c1cccnc1. The van der Waals surface area contributed by atoms with Crippen molar-refractivity contribution < 1.29 is 4.74 Å². The Morgan fingerprint density at radius 1 is 1.16 bits per heavy atom. The summed E-state index contributed by atoms with van der Waals surface area (Å²) in [5, 5.41) is 6.77. The lowest BCUT2D eigenvalue weighted by Gasteiger charge is -2.08. The van der Waals surface area contributed by atoms with Gasteiger partial charge in [-0.25, -0.2) is 5.53 Å². The van der Waals surface area contributed by atoms with E-state index in [4.69, 9.17) is 10.3 Å². The van der Waals surface area contributed by atoms with Gasteiger partial charge in [0, 0.05) is 30.7 Å². The van der Waals surface area contributed by atoms with Crippen molar-refractivity contribution in [1.29, 1.82) is 5.53 Å². The van der Waals surface area contributed by atoms with Gasteiger partial charge >= 0.3 is 0 Å². The molecule has 0 spiro atoms. The van der Waals surface area contributed by atoms with Crippen LogP contribution in [0.15, 0.2) is 60.1 Å². The Kier molecular flexibility index (Phi) is 8.18. The van der Waals surface area contributed by atoms with E-state index in [-0.39, 0.29) is 0 Å². The fourth-order valence-corrected chi connectivity index (χ4v) is 2.45. The molecule has 5 nitrogen and oxygen atoms in total. The van der Waals surface area contributed by atoms with Gasteiger partial charge in [-0.2, -0.15) is 5.11 Å². The van der Waals surface area contributed by atoms with Crippen molar-refractivity contribution in [3.63, 3.8) is 0 Å². The van der Waals surface area contributed by atoms with Crippen molar-refractivity contribution >= 4 is 5.70 Å². The van der Waals surface area contributed by atoms with E-state index in [0.29, 0.717) is 5.70 Å². The summed E-state index contributed by atoms with van der Waals surface area (Å²) in [4.78, 5) is 4.04. The molecule has 0 saturated carbocycles. The number of benzene rings is 1. The highest BCUT2D eigenvalue weighted by Crippen LogP contribution is 2.16. The van der Waals surface area contributed by atoms with E-state index >= 15 is 0 Å². The molecule has 0 aliphatic rings. The minimum atomic E-state index is 0.597. The summed E-state index contributed by atoms with van der Waals surface area (Å²) in [5.41, 5.74) is 9.88. The molecular weight excluding hydrogens is 312 g/mol. The first-order valence-corrected chi connectivity index (χ1v) is 8.71. The number of hydrogen-bond acceptors (Lipinski definition) is 5. The monoisotopic (exact) mass is 338 g/mol. The molecule has 132 valence electrons.